The molecular formula is C47H39ClN4O2. The first-order chi connectivity index (χ1) is 26.4. The van der Waals surface area contributed by atoms with E-state index in [2.05, 4.69) is 64.6 Å². The molecule has 1 aliphatic rings. The van der Waals surface area contributed by atoms with Crippen LogP contribution in [0, 0.1) is 0 Å². The Hall–Kier alpha value is -6.11. The maximum Gasteiger partial charge on any atom is 0.252 e. The predicted octanol–water partition coefficient (Wildman–Crippen LogP) is 11.0. The Morgan fingerprint density at radius 3 is 1.54 bits per heavy atom. The largest absolute Gasteiger partial charge is 0.309 e. The van der Waals surface area contributed by atoms with Crippen molar-refractivity contribution in [1.29, 1.82) is 0 Å². The van der Waals surface area contributed by atoms with Gasteiger partial charge < -0.3 is 9.13 Å². The molecule has 9 rings (SSSR count). The second kappa shape index (κ2) is 15.1. The molecular weight excluding hydrogens is 688 g/mol. The van der Waals surface area contributed by atoms with Crippen molar-refractivity contribution in [3.8, 4) is 44.8 Å². The summed E-state index contributed by atoms with van der Waals surface area (Å²) in [5.74, 6) is 0.527. The Kier molecular flexibility index (Phi) is 9.77. The fourth-order valence-electron chi connectivity index (χ4n) is 7.40. The number of fused-ring (bicyclic) bond motifs is 2. The Balaban J connectivity index is 0.000000154. The first-order valence-electron chi connectivity index (χ1n) is 18.5. The lowest BCUT2D eigenvalue weighted by Gasteiger charge is -2.15. The molecule has 4 heterocycles. The molecule has 0 aliphatic heterocycles. The van der Waals surface area contributed by atoms with E-state index in [0.29, 0.717) is 24.0 Å². The highest BCUT2D eigenvalue weighted by atomic mass is 35.5. The summed E-state index contributed by atoms with van der Waals surface area (Å²) >= 11 is 6.38. The molecule has 1 saturated carbocycles. The topological polar surface area (TPSA) is 69.8 Å². The molecule has 1 aliphatic carbocycles. The first kappa shape index (κ1) is 34.9. The zero-order chi connectivity index (χ0) is 37.2. The van der Waals surface area contributed by atoms with Gasteiger partial charge in [-0.3, -0.25) is 19.6 Å². The number of rotatable bonds is 7. The Labute approximate surface area is 319 Å². The summed E-state index contributed by atoms with van der Waals surface area (Å²) in [6.45, 7) is 5.27. The number of hydrogen-bond donors (Lipinski definition) is 0. The number of aromatic nitrogens is 4. The number of benzene rings is 4. The third-order valence-corrected chi connectivity index (χ3v) is 10.5. The monoisotopic (exact) mass is 726 g/mol. The summed E-state index contributed by atoms with van der Waals surface area (Å²) in [7, 11) is 0. The number of halogens is 1. The van der Waals surface area contributed by atoms with Crippen molar-refractivity contribution < 1.29 is 0 Å². The lowest BCUT2D eigenvalue weighted by atomic mass is 9.96. The van der Waals surface area contributed by atoms with Gasteiger partial charge in [0.15, 0.2) is 0 Å². The fourth-order valence-corrected chi connectivity index (χ4v) is 7.65. The minimum absolute atomic E-state index is 0.0795. The molecule has 54 heavy (non-hydrogen) atoms. The van der Waals surface area contributed by atoms with Gasteiger partial charge in [-0.1, -0.05) is 96.5 Å². The van der Waals surface area contributed by atoms with Crippen molar-refractivity contribution >= 4 is 33.4 Å². The highest BCUT2D eigenvalue weighted by molar-refractivity contribution is 6.35. The summed E-state index contributed by atoms with van der Waals surface area (Å²) in [4.78, 5) is 34.0. The van der Waals surface area contributed by atoms with Crippen molar-refractivity contribution in [3.63, 3.8) is 0 Å². The van der Waals surface area contributed by atoms with Gasteiger partial charge in [0.2, 0.25) is 0 Å². The van der Waals surface area contributed by atoms with Gasteiger partial charge in [-0.15, -0.1) is 0 Å². The van der Waals surface area contributed by atoms with E-state index in [0.717, 1.165) is 61.2 Å². The smallest absolute Gasteiger partial charge is 0.252 e. The van der Waals surface area contributed by atoms with Gasteiger partial charge in [-0.2, -0.15) is 0 Å². The average Bonchev–Trinajstić information content (AvgIpc) is 4.07. The van der Waals surface area contributed by atoms with Gasteiger partial charge in [-0.25, -0.2) is 0 Å². The molecule has 4 aromatic carbocycles. The maximum atomic E-state index is 12.6. The van der Waals surface area contributed by atoms with Crippen molar-refractivity contribution in [1.82, 2.24) is 19.1 Å². The summed E-state index contributed by atoms with van der Waals surface area (Å²) in [5.41, 5.74) is 11.5. The van der Waals surface area contributed by atoms with Crippen LogP contribution in [0.3, 0.4) is 0 Å². The number of aryl methyl sites for hydroxylation is 2. The molecule has 0 bridgehead atoms. The molecule has 0 unspecified atom stereocenters. The molecule has 266 valence electrons. The van der Waals surface area contributed by atoms with E-state index in [1.165, 1.54) is 29.9 Å². The minimum atomic E-state index is -0.0795. The molecule has 1 fully saturated rings. The molecule has 0 atom stereocenters. The molecule has 7 heteroatoms. The van der Waals surface area contributed by atoms with Crippen LogP contribution in [0.2, 0.25) is 5.02 Å². The van der Waals surface area contributed by atoms with E-state index >= 15 is 0 Å². The number of pyridine rings is 4. The zero-order valence-corrected chi connectivity index (χ0v) is 31.0. The van der Waals surface area contributed by atoms with Crippen LogP contribution < -0.4 is 11.1 Å². The third kappa shape index (κ3) is 6.77. The van der Waals surface area contributed by atoms with Crippen molar-refractivity contribution in [3.05, 3.63) is 177 Å². The fraction of sp³-hybridized carbons (Fsp3) is 0.149. The standard InChI is InChI=1S/C25H22N2O.C22H17ClN2O/c1-2-27-23-13-12-19(15-22(23)21(16-24(27)28)17-10-11-17)20-9-6-14-26-25(20)18-7-4-3-5-8-18;1-2-25-20-11-10-16(13-18(20)19(23)14-21(25)26)17-9-6-12-24-22(17)15-7-4-3-5-8-15/h3-9,12-17H,2,10-11H2,1H3;3-14H,2H2,1H3. The summed E-state index contributed by atoms with van der Waals surface area (Å²) in [5, 5.41) is 2.54. The van der Waals surface area contributed by atoms with Crippen molar-refractivity contribution in [2.24, 2.45) is 0 Å². The molecule has 0 saturated heterocycles. The lowest BCUT2D eigenvalue weighted by Crippen LogP contribution is -2.19. The molecule has 6 nitrogen and oxygen atoms in total. The van der Waals surface area contributed by atoms with Gasteiger partial charge in [0.1, 0.15) is 0 Å². The van der Waals surface area contributed by atoms with Crippen LogP contribution in [-0.4, -0.2) is 19.1 Å². The van der Waals surface area contributed by atoms with E-state index in [9.17, 15) is 9.59 Å². The van der Waals surface area contributed by atoms with E-state index in [-0.39, 0.29) is 11.1 Å². The molecule has 0 radical (unpaired) electrons. The van der Waals surface area contributed by atoms with E-state index in [1.54, 1.807) is 10.8 Å². The van der Waals surface area contributed by atoms with Gasteiger partial charge >= 0.3 is 0 Å². The van der Waals surface area contributed by atoms with Gasteiger partial charge in [0.05, 0.1) is 27.4 Å². The number of hydrogen-bond acceptors (Lipinski definition) is 4. The number of nitrogens with zero attached hydrogens (tertiary/aromatic N) is 4. The molecule has 0 amide bonds. The minimum Gasteiger partial charge on any atom is -0.309 e. The quantitative estimate of drug-likeness (QED) is 0.164. The van der Waals surface area contributed by atoms with Crippen LogP contribution in [0.4, 0.5) is 0 Å². The van der Waals surface area contributed by atoms with Crippen LogP contribution >= 0.6 is 11.6 Å². The first-order valence-corrected chi connectivity index (χ1v) is 18.8. The second-order valence-corrected chi connectivity index (χ2v) is 13.9. The predicted molar refractivity (Wildman–Crippen MR) is 222 cm³/mol. The van der Waals surface area contributed by atoms with Crippen LogP contribution in [0.5, 0.6) is 0 Å². The van der Waals surface area contributed by atoms with Gasteiger partial charge in [-0.05, 0) is 85.7 Å². The van der Waals surface area contributed by atoms with Crippen LogP contribution in [0.25, 0.3) is 66.6 Å². The Morgan fingerprint density at radius 1 is 0.556 bits per heavy atom. The van der Waals surface area contributed by atoms with Crippen LogP contribution in [0.15, 0.2) is 155 Å². The highest BCUT2D eigenvalue weighted by Crippen LogP contribution is 2.43. The summed E-state index contributed by atoms with van der Waals surface area (Å²) in [6, 6.07) is 44.3. The Morgan fingerprint density at radius 2 is 1.04 bits per heavy atom. The molecule has 8 aromatic rings. The maximum absolute atomic E-state index is 12.6. The third-order valence-electron chi connectivity index (χ3n) is 10.2. The normalized spacial score (nSPS) is 12.4. The zero-order valence-electron chi connectivity index (χ0n) is 30.2. The molecule has 4 aromatic heterocycles. The average molecular weight is 727 g/mol. The lowest BCUT2D eigenvalue weighted by molar-refractivity contribution is 0.757. The van der Waals surface area contributed by atoms with Gasteiger partial charge in [0.25, 0.3) is 11.1 Å². The van der Waals surface area contributed by atoms with E-state index < -0.39 is 0 Å². The van der Waals surface area contributed by atoms with Gasteiger partial charge in [0, 0.05) is 70.6 Å². The highest BCUT2D eigenvalue weighted by Gasteiger charge is 2.27. The van der Waals surface area contributed by atoms with E-state index in [4.69, 9.17) is 11.6 Å². The molecule has 0 spiro atoms. The summed E-state index contributed by atoms with van der Waals surface area (Å²) in [6.07, 6.45) is 6.00. The SMILES string of the molecule is CCn1c(=O)cc(C2CC2)c2cc(-c3cccnc3-c3ccccc3)ccc21.CCn1c(=O)cc(Cl)c2cc(-c3cccnc3-c3ccccc3)ccc21. The van der Waals surface area contributed by atoms with E-state index in [1.807, 2.05) is 97.4 Å². The van der Waals surface area contributed by atoms with Crippen LogP contribution in [0.1, 0.15) is 38.2 Å². The summed E-state index contributed by atoms with van der Waals surface area (Å²) < 4.78 is 3.60. The van der Waals surface area contributed by atoms with Crippen LogP contribution in [-0.2, 0) is 13.1 Å². The second-order valence-electron chi connectivity index (χ2n) is 13.5. The van der Waals surface area contributed by atoms with Crippen molar-refractivity contribution in [2.75, 3.05) is 0 Å². The van der Waals surface area contributed by atoms with Crippen molar-refractivity contribution in [2.45, 2.75) is 45.7 Å². The Bertz CT molecular complexity index is 2750. The molecule has 0 N–H and O–H groups in total.